The van der Waals surface area contributed by atoms with E-state index in [4.69, 9.17) is 0 Å². The summed E-state index contributed by atoms with van der Waals surface area (Å²) in [5, 5.41) is 7.38. The van der Waals surface area contributed by atoms with E-state index in [-0.39, 0.29) is 35.8 Å². The van der Waals surface area contributed by atoms with Crippen LogP contribution in [-0.2, 0) is 29.1 Å². The van der Waals surface area contributed by atoms with Crippen molar-refractivity contribution in [2.24, 2.45) is 11.8 Å². The third-order valence-corrected chi connectivity index (χ3v) is 7.74. The number of nitrogens with one attached hydrogen (secondary N) is 2. The molecule has 0 saturated heterocycles. The van der Waals surface area contributed by atoms with Crippen LogP contribution >= 0.6 is 11.3 Å². The van der Waals surface area contributed by atoms with Gasteiger partial charge in [-0.25, -0.2) is 4.79 Å². The number of amides is 2. The Balaban J connectivity index is 1.43. The van der Waals surface area contributed by atoms with E-state index >= 15 is 0 Å². The Hall–Kier alpha value is -3.20. The molecular weight excluding hydrogens is 464 g/mol. The topological polar surface area (TPSA) is 102 Å². The Morgan fingerprint density at radius 2 is 1.77 bits per heavy atom. The number of aryl methyl sites for hydroxylation is 1. The standard InChI is InChI=1S/C26H32N4O4S/c1-27-24(32)20-11-9-19(10-12-20)16-30-25(33)23-21(13-15-35-23)29(26(30)34)17-22(31)28-14-5-8-18-6-3-2-4-7-18/h2-4,6-7,13,15,19-20H,5,8-12,14,16-17H2,1H3,(H,27,32)(H,28,31). The molecule has 1 aliphatic carbocycles. The lowest BCUT2D eigenvalue weighted by atomic mass is 9.81. The second kappa shape index (κ2) is 11.5. The van der Waals surface area contributed by atoms with Crippen LogP contribution in [0.1, 0.15) is 37.7 Å². The summed E-state index contributed by atoms with van der Waals surface area (Å²) in [5.41, 5.74) is 0.972. The first-order chi connectivity index (χ1) is 17.0. The summed E-state index contributed by atoms with van der Waals surface area (Å²) in [4.78, 5) is 51.0. The van der Waals surface area contributed by atoms with E-state index in [1.54, 1.807) is 18.5 Å². The Bertz CT molecular complexity index is 1290. The number of aromatic nitrogens is 2. The Labute approximate surface area is 208 Å². The van der Waals surface area contributed by atoms with Gasteiger partial charge in [0.05, 0.1) is 5.52 Å². The average molecular weight is 497 g/mol. The highest BCUT2D eigenvalue weighted by atomic mass is 32.1. The van der Waals surface area contributed by atoms with E-state index in [1.807, 2.05) is 18.2 Å². The molecule has 1 aromatic carbocycles. The normalized spacial score (nSPS) is 17.9. The van der Waals surface area contributed by atoms with Crippen LogP contribution in [0.25, 0.3) is 10.2 Å². The van der Waals surface area contributed by atoms with Gasteiger partial charge < -0.3 is 10.6 Å². The van der Waals surface area contributed by atoms with Gasteiger partial charge in [-0.2, -0.15) is 0 Å². The molecular formula is C26H32N4O4S. The lowest BCUT2D eigenvalue weighted by molar-refractivity contribution is -0.125. The largest absolute Gasteiger partial charge is 0.359 e. The predicted octanol–water partition coefficient (Wildman–Crippen LogP) is 2.53. The van der Waals surface area contributed by atoms with Gasteiger partial charge in [0.2, 0.25) is 11.8 Å². The first-order valence-corrected chi connectivity index (χ1v) is 13.1. The Morgan fingerprint density at radius 1 is 1.03 bits per heavy atom. The van der Waals surface area contributed by atoms with Crippen LogP contribution in [0.15, 0.2) is 51.4 Å². The van der Waals surface area contributed by atoms with Crippen molar-refractivity contribution in [3.05, 3.63) is 68.2 Å². The van der Waals surface area contributed by atoms with Crippen molar-refractivity contribution in [2.45, 2.75) is 51.6 Å². The van der Waals surface area contributed by atoms with Crippen molar-refractivity contribution in [3.8, 4) is 0 Å². The van der Waals surface area contributed by atoms with Crippen molar-refractivity contribution in [1.29, 1.82) is 0 Å². The van der Waals surface area contributed by atoms with Crippen LogP contribution in [0.2, 0.25) is 0 Å². The average Bonchev–Trinajstić information content (AvgIpc) is 3.38. The van der Waals surface area contributed by atoms with Crippen LogP contribution < -0.4 is 21.9 Å². The van der Waals surface area contributed by atoms with Gasteiger partial charge >= 0.3 is 5.69 Å². The summed E-state index contributed by atoms with van der Waals surface area (Å²) in [6.07, 6.45) is 4.74. The second-order valence-electron chi connectivity index (χ2n) is 9.19. The van der Waals surface area contributed by atoms with Crippen LogP contribution in [-0.4, -0.2) is 34.5 Å². The van der Waals surface area contributed by atoms with E-state index in [2.05, 4.69) is 22.8 Å². The van der Waals surface area contributed by atoms with Crippen molar-refractivity contribution < 1.29 is 9.59 Å². The Kier molecular flexibility index (Phi) is 8.17. The van der Waals surface area contributed by atoms with Crippen LogP contribution in [0.5, 0.6) is 0 Å². The maximum absolute atomic E-state index is 13.3. The summed E-state index contributed by atoms with van der Waals surface area (Å²) in [6.45, 7) is 0.704. The minimum absolute atomic E-state index is 0.00464. The van der Waals surface area contributed by atoms with E-state index in [1.165, 1.54) is 26.0 Å². The molecule has 1 fully saturated rings. The number of rotatable bonds is 9. The Morgan fingerprint density at radius 3 is 2.49 bits per heavy atom. The van der Waals surface area contributed by atoms with E-state index in [9.17, 15) is 19.2 Å². The molecule has 0 aliphatic heterocycles. The quantitative estimate of drug-likeness (QED) is 0.445. The fourth-order valence-corrected chi connectivity index (χ4v) is 5.72. The number of nitrogens with zero attached hydrogens (tertiary/aromatic N) is 2. The third-order valence-electron chi connectivity index (χ3n) is 6.85. The van der Waals surface area contributed by atoms with Gasteiger partial charge in [0.25, 0.3) is 5.56 Å². The van der Waals surface area contributed by atoms with Gasteiger partial charge in [0, 0.05) is 26.1 Å². The minimum Gasteiger partial charge on any atom is -0.359 e. The minimum atomic E-state index is -0.450. The first kappa shape index (κ1) is 24.9. The highest BCUT2D eigenvalue weighted by Crippen LogP contribution is 2.29. The molecule has 8 nitrogen and oxygen atoms in total. The molecule has 1 aliphatic rings. The number of fused-ring (bicyclic) bond motifs is 1. The zero-order chi connectivity index (χ0) is 24.8. The van der Waals surface area contributed by atoms with Crippen molar-refractivity contribution >= 4 is 33.4 Å². The maximum atomic E-state index is 13.3. The number of hydrogen-bond donors (Lipinski definition) is 2. The van der Waals surface area contributed by atoms with Crippen LogP contribution in [0, 0.1) is 11.8 Å². The monoisotopic (exact) mass is 496 g/mol. The summed E-state index contributed by atoms with van der Waals surface area (Å²) < 4.78 is 3.18. The third kappa shape index (κ3) is 5.90. The lowest BCUT2D eigenvalue weighted by Crippen LogP contribution is -2.44. The highest BCUT2D eigenvalue weighted by molar-refractivity contribution is 7.17. The smallest absolute Gasteiger partial charge is 0.332 e. The van der Waals surface area contributed by atoms with E-state index < -0.39 is 5.69 Å². The summed E-state index contributed by atoms with van der Waals surface area (Å²) in [5.74, 6) is -0.0457. The SMILES string of the molecule is CNC(=O)C1CCC(Cn2c(=O)c3sccc3n(CC(=O)NCCCc3ccccc3)c2=O)CC1. The molecule has 1 saturated carbocycles. The number of hydrogen-bond acceptors (Lipinski definition) is 5. The molecule has 186 valence electrons. The number of benzene rings is 1. The van der Waals surface area contributed by atoms with Gasteiger partial charge in [-0.3, -0.25) is 23.5 Å². The molecule has 0 atom stereocenters. The van der Waals surface area contributed by atoms with Crippen molar-refractivity contribution in [2.75, 3.05) is 13.6 Å². The van der Waals surface area contributed by atoms with E-state index in [0.717, 1.165) is 38.5 Å². The van der Waals surface area contributed by atoms with Crippen LogP contribution in [0.4, 0.5) is 0 Å². The van der Waals surface area contributed by atoms with Gasteiger partial charge in [-0.05, 0) is 61.5 Å². The van der Waals surface area contributed by atoms with Gasteiger partial charge in [0.15, 0.2) is 0 Å². The number of carbonyl (C=O) groups is 2. The first-order valence-electron chi connectivity index (χ1n) is 12.2. The molecule has 2 aromatic heterocycles. The van der Waals surface area contributed by atoms with Crippen LogP contribution in [0.3, 0.4) is 0 Å². The summed E-state index contributed by atoms with van der Waals surface area (Å²) in [6, 6.07) is 11.8. The molecule has 0 radical (unpaired) electrons. The van der Waals surface area contributed by atoms with Crippen molar-refractivity contribution in [1.82, 2.24) is 19.8 Å². The molecule has 0 unspecified atom stereocenters. The summed E-state index contributed by atoms with van der Waals surface area (Å²) in [7, 11) is 1.64. The predicted molar refractivity (Wildman–Crippen MR) is 138 cm³/mol. The fourth-order valence-electron chi connectivity index (χ4n) is 4.88. The molecule has 3 aromatic rings. The van der Waals surface area contributed by atoms with Gasteiger partial charge in [0.1, 0.15) is 11.2 Å². The molecule has 2 heterocycles. The molecule has 9 heteroatoms. The zero-order valence-corrected chi connectivity index (χ0v) is 20.8. The van der Waals surface area contributed by atoms with Crippen molar-refractivity contribution in [3.63, 3.8) is 0 Å². The fraction of sp³-hybridized carbons (Fsp3) is 0.462. The molecule has 2 N–H and O–H groups in total. The molecule has 4 rings (SSSR count). The summed E-state index contributed by atoms with van der Waals surface area (Å²) >= 11 is 1.29. The number of thiophene rings is 1. The maximum Gasteiger partial charge on any atom is 0.332 e. The molecule has 0 bridgehead atoms. The van der Waals surface area contributed by atoms with Gasteiger partial charge in [-0.1, -0.05) is 30.3 Å². The second-order valence-corrected chi connectivity index (χ2v) is 10.1. The van der Waals surface area contributed by atoms with E-state index in [0.29, 0.717) is 23.3 Å². The lowest BCUT2D eigenvalue weighted by Gasteiger charge is -2.27. The van der Waals surface area contributed by atoms with Gasteiger partial charge in [-0.15, -0.1) is 11.3 Å². The molecule has 2 amide bonds. The number of carbonyl (C=O) groups excluding carboxylic acids is 2. The highest BCUT2D eigenvalue weighted by Gasteiger charge is 2.27. The zero-order valence-electron chi connectivity index (χ0n) is 20.0. The molecule has 35 heavy (non-hydrogen) atoms. The molecule has 0 spiro atoms.